The van der Waals surface area contributed by atoms with Crippen LogP contribution >= 0.6 is 23.5 Å². The van der Waals surface area contributed by atoms with Gasteiger partial charge in [0.25, 0.3) is 0 Å². The Morgan fingerprint density at radius 2 is 2.00 bits per heavy atom. The Labute approximate surface area is 161 Å². The lowest BCUT2D eigenvalue weighted by atomic mass is 10.1. The van der Waals surface area contributed by atoms with Crippen LogP contribution in [0.2, 0.25) is 0 Å². The molecular formula is C17H24N2O5S2. The minimum atomic E-state index is -0.993. The summed E-state index contributed by atoms with van der Waals surface area (Å²) in [5, 5.41) is 11.5. The molecule has 0 aromatic carbocycles. The van der Waals surface area contributed by atoms with E-state index in [0.29, 0.717) is 37.4 Å². The van der Waals surface area contributed by atoms with Gasteiger partial charge in [0.2, 0.25) is 11.8 Å². The third-order valence-electron chi connectivity index (χ3n) is 5.05. The summed E-state index contributed by atoms with van der Waals surface area (Å²) in [6, 6.07) is -1.53. The SMILES string of the molecule is CC(=O)SC(CC1CC1)C(=O)N[C@H]1CCS[C@H]2CC[C@@H](C(=O)O)N2C1=O. The highest BCUT2D eigenvalue weighted by atomic mass is 32.2. The van der Waals surface area contributed by atoms with Crippen LogP contribution in [0.4, 0.5) is 0 Å². The monoisotopic (exact) mass is 400 g/mol. The molecule has 0 radical (unpaired) electrons. The molecule has 2 aliphatic heterocycles. The van der Waals surface area contributed by atoms with Crippen molar-refractivity contribution in [3.63, 3.8) is 0 Å². The van der Waals surface area contributed by atoms with Gasteiger partial charge in [0.05, 0.1) is 10.6 Å². The van der Waals surface area contributed by atoms with Gasteiger partial charge in [-0.1, -0.05) is 24.6 Å². The number of hydrogen-bond donors (Lipinski definition) is 2. The first kappa shape index (κ1) is 19.5. The molecule has 0 aromatic rings. The molecule has 9 heteroatoms. The molecule has 4 atom stereocenters. The van der Waals surface area contributed by atoms with Crippen molar-refractivity contribution in [1.29, 1.82) is 0 Å². The average Bonchev–Trinajstić information content (AvgIpc) is 3.30. The average molecular weight is 401 g/mol. The summed E-state index contributed by atoms with van der Waals surface area (Å²) in [4.78, 5) is 50.0. The maximum atomic E-state index is 12.9. The van der Waals surface area contributed by atoms with E-state index < -0.39 is 23.3 Å². The summed E-state index contributed by atoms with van der Waals surface area (Å²) >= 11 is 2.60. The van der Waals surface area contributed by atoms with E-state index in [1.165, 1.54) is 11.8 Å². The Morgan fingerprint density at radius 3 is 2.62 bits per heavy atom. The Morgan fingerprint density at radius 1 is 1.27 bits per heavy atom. The predicted molar refractivity (Wildman–Crippen MR) is 99.7 cm³/mol. The first-order valence-electron chi connectivity index (χ1n) is 9.01. The van der Waals surface area contributed by atoms with Crippen molar-refractivity contribution in [3.8, 4) is 0 Å². The van der Waals surface area contributed by atoms with Crippen molar-refractivity contribution in [2.75, 3.05) is 5.75 Å². The van der Waals surface area contributed by atoms with Crippen LogP contribution in [-0.4, -0.2) is 61.4 Å². The molecule has 3 aliphatic rings. The van der Waals surface area contributed by atoms with Crippen molar-refractivity contribution in [2.24, 2.45) is 5.92 Å². The van der Waals surface area contributed by atoms with Crippen molar-refractivity contribution in [1.82, 2.24) is 10.2 Å². The number of nitrogens with zero attached hydrogens (tertiary/aromatic N) is 1. The van der Waals surface area contributed by atoms with E-state index >= 15 is 0 Å². The van der Waals surface area contributed by atoms with Crippen LogP contribution < -0.4 is 5.32 Å². The number of nitrogens with one attached hydrogen (secondary N) is 1. The lowest BCUT2D eigenvalue weighted by Crippen LogP contribution is -2.53. The summed E-state index contributed by atoms with van der Waals surface area (Å²) in [6.07, 6.45) is 4.40. The van der Waals surface area contributed by atoms with Gasteiger partial charge in [0.15, 0.2) is 5.12 Å². The van der Waals surface area contributed by atoms with Gasteiger partial charge in [-0.25, -0.2) is 4.79 Å². The number of carbonyl (C=O) groups is 4. The molecule has 0 bridgehead atoms. The zero-order valence-corrected chi connectivity index (χ0v) is 16.3. The third-order valence-corrected chi connectivity index (χ3v) is 7.39. The van der Waals surface area contributed by atoms with E-state index in [1.807, 2.05) is 0 Å². The number of carboxylic acids is 1. The Bertz CT molecular complexity index is 610. The first-order valence-corrected chi connectivity index (χ1v) is 10.9. The standard InChI is InChI=1S/C17H24N2O5S2/c1-9(20)26-13(8-10-2-3-10)15(21)18-11-6-7-25-14-5-4-12(17(23)24)19(14)16(11)22/h10-14H,2-8H2,1H3,(H,18,21)(H,23,24)/t11-,12-,13?,14-/m0/s1. The molecule has 0 spiro atoms. The molecule has 7 nitrogen and oxygen atoms in total. The summed E-state index contributed by atoms with van der Waals surface area (Å²) < 4.78 is 0. The molecule has 3 rings (SSSR count). The van der Waals surface area contributed by atoms with Gasteiger partial charge in [-0.2, -0.15) is 0 Å². The van der Waals surface area contributed by atoms with Gasteiger partial charge in [0.1, 0.15) is 12.1 Å². The highest BCUT2D eigenvalue weighted by molar-refractivity contribution is 8.14. The Balaban J connectivity index is 1.68. The fraction of sp³-hybridized carbons (Fsp3) is 0.765. The molecule has 1 unspecified atom stereocenters. The maximum absolute atomic E-state index is 12.9. The predicted octanol–water partition coefficient (Wildman–Crippen LogP) is 1.46. The maximum Gasteiger partial charge on any atom is 0.326 e. The van der Waals surface area contributed by atoms with Crippen molar-refractivity contribution in [2.45, 2.75) is 68.2 Å². The van der Waals surface area contributed by atoms with Crippen LogP contribution in [0.3, 0.4) is 0 Å². The van der Waals surface area contributed by atoms with Crippen LogP contribution in [0.15, 0.2) is 0 Å². The van der Waals surface area contributed by atoms with Gasteiger partial charge in [-0.05, 0) is 37.4 Å². The highest BCUT2D eigenvalue weighted by Gasteiger charge is 2.45. The van der Waals surface area contributed by atoms with Gasteiger partial charge < -0.3 is 15.3 Å². The van der Waals surface area contributed by atoms with E-state index in [2.05, 4.69) is 5.32 Å². The number of aliphatic carboxylic acids is 1. The number of carboxylic acid groups (broad SMARTS) is 1. The highest BCUT2D eigenvalue weighted by Crippen LogP contribution is 2.38. The van der Waals surface area contributed by atoms with E-state index in [4.69, 9.17) is 0 Å². The number of rotatable bonds is 6. The van der Waals surface area contributed by atoms with Crippen LogP contribution in [0.25, 0.3) is 0 Å². The normalized spacial score (nSPS) is 29.7. The minimum Gasteiger partial charge on any atom is -0.480 e. The first-order chi connectivity index (χ1) is 12.4. The van der Waals surface area contributed by atoms with Crippen LogP contribution in [0.1, 0.15) is 45.4 Å². The summed E-state index contributed by atoms with van der Waals surface area (Å²) in [6.45, 7) is 1.44. The zero-order chi connectivity index (χ0) is 18.8. The van der Waals surface area contributed by atoms with Gasteiger partial charge in [0, 0.05) is 6.92 Å². The molecule has 2 amide bonds. The molecule has 0 aromatic heterocycles. The number of carbonyl (C=O) groups excluding carboxylic acids is 3. The topological polar surface area (TPSA) is 104 Å². The van der Waals surface area contributed by atoms with Gasteiger partial charge in [-0.3, -0.25) is 14.4 Å². The number of hydrogen-bond acceptors (Lipinski definition) is 6. The molecule has 26 heavy (non-hydrogen) atoms. The lowest BCUT2D eigenvalue weighted by Gasteiger charge is -2.29. The molecular weight excluding hydrogens is 376 g/mol. The van der Waals surface area contributed by atoms with E-state index in [1.54, 1.807) is 11.8 Å². The largest absolute Gasteiger partial charge is 0.480 e. The number of fused-ring (bicyclic) bond motifs is 1. The second-order valence-electron chi connectivity index (χ2n) is 7.13. The zero-order valence-electron chi connectivity index (χ0n) is 14.7. The number of amides is 2. The van der Waals surface area contributed by atoms with Gasteiger partial charge >= 0.3 is 5.97 Å². The second-order valence-corrected chi connectivity index (χ2v) is 9.79. The summed E-state index contributed by atoms with van der Waals surface area (Å²) in [5.74, 6) is -0.414. The summed E-state index contributed by atoms with van der Waals surface area (Å²) in [5.41, 5.74) is 0. The molecule has 1 aliphatic carbocycles. The van der Waals surface area contributed by atoms with E-state index in [-0.39, 0.29) is 22.3 Å². The fourth-order valence-electron chi connectivity index (χ4n) is 3.57. The van der Waals surface area contributed by atoms with E-state index in [9.17, 15) is 24.3 Å². The second kappa shape index (κ2) is 8.21. The fourth-order valence-corrected chi connectivity index (χ4v) is 5.87. The smallest absolute Gasteiger partial charge is 0.326 e. The lowest BCUT2D eigenvalue weighted by molar-refractivity contribution is -0.149. The minimum absolute atomic E-state index is 0.112. The van der Waals surface area contributed by atoms with Crippen LogP contribution in [0, 0.1) is 5.92 Å². The van der Waals surface area contributed by atoms with E-state index in [0.717, 1.165) is 24.6 Å². The molecule has 2 N–H and O–H groups in total. The van der Waals surface area contributed by atoms with Crippen molar-refractivity contribution < 1.29 is 24.3 Å². The summed E-state index contributed by atoms with van der Waals surface area (Å²) in [7, 11) is 0. The van der Waals surface area contributed by atoms with Crippen molar-refractivity contribution in [3.05, 3.63) is 0 Å². The Kier molecular flexibility index (Phi) is 6.17. The quantitative estimate of drug-likeness (QED) is 0.695. The van der Waals surface area contributed by atoms with Gasteiger partial charge in [-0.15, -0.1) is 11.8 Å². The third kappa shape index (κ3) is 4.54. The van der Waals surface area contributed by atoms with Crippen LogP contribution in [-0.2, 0) is 19.2 Å². The molecule has 3 fully saturated rings. The molecule has 2 saturated heterocycles. The van der Waals surface area contributed by atoms with Crippen LogP contribution in [0.5, 0.6) is 0 Å². The number of thioether (sulfide) groups is 2. The molecule has 144 valence electrons. The van der Waals surface area contributed by atoms with Crippen molar-refractivity contribution >= 4 is 46.4 Å². The Hall–Kier alpha value is -1.22. The molecule has 1 saturated carbocycles. The molecule has 2 heterocycles.